The van der Waals surface area contributed by atoms with Crippen LogP contribution in [0.4, 0.5) is 0 Å². The topological polar surface area (TPSA) is 47.1 Å². The summed E-state index contributed by atoms with van der Waals surface area (Å²) >= 11 is 0. The van der Waals surface area contributed by atoms with Crippen molar-refractivity contribution in [3.8, 4) is 0 Å². The van der Waals surface area contributed by atoms with Gasteiger partial charge in [0.15, 0.2) is 0 Å². The van der Waals surface area contributed by atoms with E-state index in [-0.39, 0.29) is 0 Å². The van der Waals surface area contributed by atoms with Crippen LogP contribution in [0.15, 0.2) is 24.3 Å². The summed E-state index contributed by atoms with van der Waals surface area (Å²) in [7, 11) is 2.13. The molecule has 1 aliphatic heterocycles. The summed E-state index contributed by atoms with van der Waals surface area (Å²) in [6.07, 6.45) is 3.85. The Kier molecular flexibility index (Phi) is 5.02. The van der Waals surface area contributed by atoms with Gasteiger partial charge in [-0.15, -0.1) is 0 Å². The summed E-state index contributed by atoms with van der Waals surface area (Å²) in [6, 6.07) is 8.90. The van der Waals surface area contributed by atoms with Crippen LogP contribution in [-0.2, 0) is 7.05 Å². The zero-order chi connectivity index (χ0) is 16.4. The maximum absolute atomic E-state index is 6.24. The lowest BCUT2D eigenvalue weighted by molar-refractivity contribution is 0.109. The molecule has 126 valence electrons. The average molecular weight is 314 g/mol. The minimum atomic E-state index is 0.312. The lowest BCUT2D eigenvalue weighted by atomic mass is 9.88. The molecule has 1 aliphatic rings. The molecule has 1 aromatic carbocycles. The smallest absolute Gasteiger partial charge is 0.115 e. The van der Waals surface area contributed by atoms with Crippen molar-refractivity contribution < 1.29 is 0 Å². The van der Waals surface area contributed by atoms with Crippen molar-refractivity contribution in [3.63, 3.8) is 0 Å². The molecule has 2 unspecified atom stereocenters. The Balaban J connectivity index is 1.94. The van der Waals surface area contributed by atoms with Crippen molar-refractivity contribution in [1.82, 2.24) is 14.5 Å². The van der Waals surface area contributed by atoms with E-state index in [4.69, 9.17) is 10.7 Å². The third-order valence-electron chi connectivity index (χ3n) is 5.14. The van der Waals surface area contributed by atoms with Gasteiger partial charge in [0.1, 0.15) is 5.82 Å². The van der Waals surface area contributed by atoms with Crippen LogP contribution in [0.2, 0.25) is 0 Å². The fourth-order valence-corrected chi connectivity index (χ4v) is 4.10. The summed E-state index contributed by atoms with van der Waals surface area (Å²) in [5.41, 5.74) is 8.52. The Morgan fingerprint density at radius 1 is 1.26 bits per heavy atom. The van der Waals surface area contributed by atoms with Crippen molar-refractivity contribution in [2.45, 2.75) is 45.1 Å². The Bertz CT molecular complexity index is 646. The van der Waals surface area contributed by atoms with Gasteiger partial charge in [-0.1, -0.05) is 32.4 Å². The van der Waals surface area contributed by atoms with Crippen molar-refractivity contribution in [3.05, 3.63) is 30.1 Å². The lowest BCUT2D eigenvalue weighted by Gasteiger charge is -2.40. The van der Waals surface area contributed by atoms with Crippen LogP contribution in [-0.4, -0.2) is 40.1 Å². The van der Waals surface area contributed by atoms with Crippen LogP contribution in [0.1, 0.15) is 44.9 Å². The molecule has 0 radical (unpaired) electrons. The van der Waals surface area contributed by atoms with Crippen LogP contribution >= 0.6 is 0 Å². The third-order valence-corrected chi connectivity index (χ3v) is 5.14. The molecular formula is C19H30N4. The first kappa shape index (κ1) is 16.5. The number of benzene rings is 1. The molecule has 1 saturated heterocycles. The highest BCUT2D eigenvalue weighted by molar-refractivity contribution is 5.75. The zero-order valence-electron chi connectivity index (χ0n) is 14.7. The molecule has 0 aliphatic carbocycles. The fourth-order valence-electron chi connectivity index (χ4n) is 4.10. The van der Waals surface area contributed by atoms with E-state index in [0.29, 0.717) is 24.4 Å². The van der Waals surface area contributed by atoms with Gasteiger partial charge in [0, 0.05) is 32.1 Å². The van der Waals surface area contributed by atoms with Crippen LogP contribution in [0, 0.1) is 5.92 Å². The molecule has 0 bridgehead atoms. The second-order valence-corrected chi connectivity index (χ2v) is 7.31. The standard InChI is InChI=1S/C19H30N4/c1-14(2)13-23-11-7-6-9-17(23)15(12-20)19-21-16-8-4-5-10-18(16)22(19)3/h4-5,8,10,14-15,17H,6-7,9,11-13,20H2,1-3H3. The molecule has 0 saturated carbocycles. The fraction of sp³-hybridized carbons (Fsp3) is 0.632. The number of nitrogens with zero attached hydrogens (tertiary/aromatic N) is 3. The Labute approximate surface area is 139 Å². The van der Waals surface area contributed by atoms with Gasteiger partial charge in [0.2, 0.25) is 0 Å². The molecule has 0 spiro atoms. The first-order valence-electron chi connectivity index (χ1n) is 8.97. The lowest BCUT2D eigenvalue weighted by Crippen LogP contribution is -2.47. The van der Waals surface area contributed by atoms with E-state index in [2.05, 4.69) is 54.6 Å². The van der Waals surface area contributed by atoms with E-state index in [9.17, 15) is 0 Å². The van der Waals surface area contributed by atoms with E-state index < -0.39 is 0 Å². The van der Waals surface area contributed by atoms with Gasteiger partial charge in [0.05, 0.1) is 11.0 Å². The second kappa shape index (κ2) is 7.02. The summed E-state index contributed by atoms with van der Waals surface area (Å²) in [5.74, 6) is 2.15. The normalized spacial score (nSPS) is 21.2. The van der Waals surface area contributed by atoms with E-state index in [1.54, 1.807) is 0 Å². The molecule has 1 fully saturated rings. The number of fused-ring (bicyclic) bond motifs is 1. The summed E-state index contributed by atoms with van der Waals surface area (Å²) in [5, 5.41) is 0. The number of rotatable bonds is 5. The highest BCUT2D eigenvalue weighted by atomic mass is 15.2. The summed E-state index contributed by atoms with van der Waals surface area (Å²) in [4.78, 5) is 7.59. The van der Waals surface area contributed by atoms with Crippen LogP contribution < -0.4 is 5.73 Å². The minimum Gasteiger partial charge on any atom is -0.331 e. The number of likely N-dealkylation sites (tertiary alicyclic amines) is 1. The Hall–Kier alpha value is -1.39. The van der Waals surface area contributed by atoms with Gasteiger partial charge in [-0.05, 0) is 37.4 Å². The highest BCUT2D eigenvalue weighted by Crippen LogP contribution is 2.31. The molecule has 0 amide bonds. The molecule has 1 aromatic heterocycles. The number of piperidine rings is 1. The van der Waals surface area contributed by atoms with E-state index in [1.807, 2.05) is 0 Å². The van der Waals surface area contributed by atoms with E-state index in [0.717, 1.165) is 17.9 Å². The van der Waals surface area contributed by atoms with Crippen molar-refractivity contribution in [1.29, 1.82) is 0 Å². The minimum absolute atomic E-state index is 0.312. The molecule has 4 nitrogen and oxygen atoms in total. The van der Waals surface area contributed by atoms with Crippen molar-refractivity contribution >= 4 is 11.0 Å². The maximum Gasteiger partial charge on any atom is 0.115 e. The molecule has 2 N–H and O–H groups in total. The number of imidazole rings is 1. The molecular weight excluding hydrogens is 284 g/mol. The number of hydrogen-bond acceptors (Lipinski definition) is 3. The summed E-state index contributed by atoms with van der Waals surface area (Å²) < 4.78 is 2.25. The quantitative estimate of drug-likeness (QED) is 0.922. The highest BCUT2D eigenvalue weighted by Gasteiger charge is 2.33. The largest absolute Gasteiger partial charge is 0.331 e. The molecule has 23 heavy (non-hydrogen) atoms. The Morgan fingerprint density at radius 3 is 2.74 bits per heavy atom. The van der Waals surface area contributed by atoms with Gasteiger partial charge in [-0.2, -0.15) is 0 Å². The monoisotopic (exact) mass is 314 g/mol. The average Bonchev–Trinajstić information content (AvgIpc) is 2.87. The van der Waals surface area contributed by atoms with Gasteiger partial charge in [-0.25, -0.2) is 4.98 Å². The molecule has 2 aromatic rings. The van der Waals surface area contributed by atoms with Crippen molar-refractivity contribution in [2.75, 3.05) is 19.6 Å². The van der Waals surface area contributed by atoms with Gasteiger partial charge < -0.3 is 10.3 Å². The number of aryl methyl sites for hydroxylation is 1. The third kappa shape index (κ3) is 3.29. The SMILES string of the molecule is CC(C)CN1CCCCC1C(CN)c1nc2ccccc2n1C. The molecule has 4 heteroatoms. The van der Waals surface area contributed by atoms with Crippen LogP contribution in [0.25, 0.3) is 11.0 Å². The summed E-state index contributed by atoms with van der Waals surface area (Å²) in [6.45, 7) is 7.63. The first-order valence-corrected chi connectivity index (χ1v) is 8.97. The molecule has 2 atom stereocenters. The number of nitrogens with two attached hydrogens (primary N) is 1. The van der Waals surface area contributed by atoms with Gasteiger partial charge in [0.25, 0.3) is 0 Å². The van der Waals surface area contributed by atoms with Gasteiger partial charge in [-0.3, -0.25) is 4.90 Å². The van der Waals surface area contributed by atoms with E-state index >= 15 is 0 Å². The molecule has 3 rings (SSSR count). The van der Waals surface area contributed by atoms with Crippen molar-refractivity contribution in [2.24, 2.45) is 18.7 Å². The first-order chi connectivity index (χ1) is 11.1. The molecule has 2 heterocycles. The van der Waals surface area contributed by atoms with Crippen LogP contribution in [0.3, 0.4) is 0 Å². The number of hydrogen-bond donors (Lipinski definition) is 1. The number of aromatic nitrogens is 2. The number of para-hydroxylation sites is 2. The zero-order valence-corrected chi connectivity index (χ0v) is 14.7. The Morgan fingerprint density at radius 2 is 2.04 bits per heavy atom. The second-order valence-electron chi connectivity index (χ2n) is 7.31. The van der Waals surface area contributed by atoms with Gasteiger partial charge >= 0.3 is 0 Å². The van der Waals surface area contributed by atoms with E-state index in [1.165, 1.54) is 31.3 Å². The predicted octanol–water partition coefficient (Wildman–Crippen LogP) is 3.13. The predicted molar refractivity (Wildman–Crippen MR) is 96.6 cm³/mol. The maximum atomic E-state index is 6.24. The van der Waals surface area contributed by atoms with Crippen LogP contribution in [0.5, 0.6) is 0 Å².